The lowest BCUT2D eigenvalue weighted by Crippen LogP contribution is -2.20. The van der Waals surface area contributed by atoms with E-state index in [4.69, 9.17) is 10.5 Å². The number of nitrogens with zero attached hydrogens (tertiary/aromatic N) is 3. The molecule has 0 saturated carbocycles. The van der Waals surface area contributed by atoms with Gasteiger partial charge in [0.1, 0.15) is 17.8 Å². The molecule has 1 saturated heterocycles. The number of hydrogen-bond acceptors (Lipinski definition) is 7. The van der Waals surface area contributed by atoms with Gasteiger partial charge < -0.3 is 21.1 Å². The topological polar surface area (TPSA) is 98.0 Å². The number of nitrogen functional groups attached to an aromatic ring is 1. The van der Waals surface area contributed by atoms with Gasteiger partial charge >= 0.3 is 0 Å². The second kappa shape index (κ2) is 6.57. The Kier molecular flexibility index (Phi) is 4.34. The fraction of sp³-hybridized carbons (Fsp3) is 0.400. The van der Waals surface area contributed by atoms with Crippen molar-refractivity contribution >= 4 is 23.1 Å². The first-order valence-corrected chi connectivity index (χ1v) is 7.38. The van der Waals surface area contributed by atoms with Crippen molar-refractivity contribution in [1.82, 2.24) is 15.0 Å². The Morgan fingerprint density at radius 1 is 1.27 bits per heavy atom. The predicted molar refractivity (Wildman–Crippen MR) is 86.2 cm³/mol. The summed E-state index contributed by atoms with van der Waals surface area (Å²) in [7, 11) is 0. The van der Waals surface area contributed by atoms with Crippen molar-refractivity contribution in [2.45, 2.75) is 25.9 Å². The van der Waals surface area contributed by atoms with E-state index in [2.05, 4.69) is 25.6 Å². The molecule has 7 heteroatoms. The van der Waals surface area contributed by atoms with Crippen LogP contribution >= 0.6 is 0 Å². The molecule has 1 unspecified atom stereocenters. The molecule has 2 aromatic rings. The Balaban J connectivity index is 1.72. The minimum atomic E-state index is 0.226. The number of rotatable bonds is 5. The summed E-state index contributed by atoms with van der Waals surface area (Å²) in [4.78, 5) is 12.7. The number of nitrogens with two attached hydrogens (primary N) is 1. The van der Waals surface area contributed by atoms with Crippen LogP contribution in [0.3, 0.4) is 0 Å². The van der Waals surface area contributed by atoms with Crippen LogP contribution in [-0.2, 0) is 4.74 Å². The number of pyridine rings is 1. The van der Waals surface area contributed by atoms with Crippen LogP contribution in [0.5, 0.6) is 0 Å². The first-order chi connectivity index (χ1) is 10.7. The predicted octanol–water partition coefficient (Wildman–Crippen LogP) is 2.10. The average molecular weight is 300 g/mol. The number of aryl methyl sites for hydroxylation is 1. The van der Waals surface area contributed by atoms with E-state index < -0.39 is 0 Å². The van der Waals surface area contributed by atoms with Crippen LogP contribution in [0.15, 0.2) is 24.7 Å². The van der Waals surface area contributed by atoms with E-state index in [-0.39, 0.29) is 6.10 Å². The van der Waals surface area contributed by atoms with Crippen molar-refractivity contribution in [3.8, 4) is 0 Å². The van der Waals surface area contributed by atoms with Gasteiger partial charge in [0.15, 0.2) is 11.6 Å². The van der Waals surface area contributed by atoms with Crippen LogP contribution in [-0.4, -0.2) is 34.2 Å². The maximum atomic E-state index is 6.15. The zero-order valence-electron chi connectivity index (χ0n) is 12.5. The number of ether oxygens (including phenoxy) is 1. The van der Waals surface area contributed by atoms with Gasteiger partial charge in [0, 0.05) is 19.3 Å². The summed E-state index contributed by atoms with van der Waals surface area (Å²) in [6.07, 6.45) is 5.61. The molecule has 0 aliphatic carbocycles. The van der Waals surface area contributed by atoms with Crippen LogP contribution in [0.4, 0.5) is 23.1 Å². The maximum Gasteiger partial charge on any atom is 0.160 e. The third kappa shape index (κ3) is 3.25. The molecule has 0 aromatic carbocycles. The Morgan fingerprint density at radius 3 is 2.91 bits per heavy atom. The van der Waals surface area contributed by atoms with Gasteiger partial charge in [-0.2, -0.15) is 0 Å². The summed E-state index contributed by atoms with van der Waals surface area (Å²) in [6.45, 7) is 3.50. The highest BCUT2D eigenvalue weighted by Gasteiger charge is 2.16. The van der Waals surface area contributed by atoms with Gasteiger partial charge in [-0.25, -0.2) is 15.0 Å². The molecule has 2 aromatic heterocycles. The normalized spacial score (nSPS) is 17.4. The lowest BCUT2D eigenvalue weighted by molar-refractivity contribution is 0.120. The van der Waals surface area contributed by atoms with Crippen molar-refractivity contribution in [2.75, 3.05) is 29.5 Å². The van der Waals surface area contributed by atoms with Gasteiger partial charge in [-0.15, -0.1) is 0 Å². The highest BCUT2D eigenvalue weighted by atomic mass is 16.5. The summed E-state index contributed by atoms with van der Waals surface area (Å²) >= 11 is 0. The first kappa shape index (κ1) is 14.5. The fourth-order valence-corrected chi connectivity index (χ4v) is 2.38. The summed E-state index contributed by atoms with van der Waals surface area (Å²) in [5, 5.41) is 6.38. The van der Waals surface area contributed by atoms with Gasteiger partial charge in [0.25, 0.3) is 0 Å². The van der Waals surface area contributed by atoms with Crippen LogP contribution in [0, 0.1) is 6.92 Å². The Bertz CT molecular complexity index is 642. The maximum absolute atomic E-state index is 6.15. The SMILES string of the molecule is Cc1cccnc1Nc1ncnc(NCC2CCCO2)c1N. The molecule has 1 aliphatic heterocycles. The molecule has 1 atom stereocenters. The minimum Gasteiger partial charge on any atom is -0.393 e. The summed E-state index contributed by atoms with van der Waals surface area (Å²) in [5.74, 6) is 1.89. The molecule has 0 bridgehead atoms. The van der Waals surface area contributed by atoms with E-state index in [1.54, 1.807) is 6.20 Å². The van der Waals surface area contributed by atoms with Crippen molar-refractivity contribution in [2.24, 2.45) is 0 Å². The molecule has 7 nitrogen and oxygen atoms in total. The van der Waals surface area contributed by atoms with Crippen molar-refractivity contribution in [3.63, 3.8) is 0 Å². The van der Waals surface area contributed by atoms with E-state index in [0.717, 1.165) is 30.8 Å². The molecule has 1 aliphatic rings. The molecule has 0 amide bonds. The monoisotopic (exact) mass is 300 g/mol. The van der Waals surface area contributed by atoms with E-state index in [1.165, 1.54) is 6.33 Å². The Morgan fingerprint density at radius 2 is 2.14 bits per heavy atom. The molecule has 116 valence electrons. The smallest absolute Gasteiger partial charge is 0.160 e. The number of hydrogen-bond donors (Lipinski definition) is 3. The van der Waals surface area contributed by atoms with Gasteiger partial charge in [0.05, 0.1) is 6.10 Å². The summed E-state index contributed by atoms with van der Waals surface area (Å²) in [5.41, 5.74) is 7.65. The molecule has 0 spiro atoms. The molecule has 4 N–H and O–H groups in total. The highest BCUT2D eigenvalue weighted by Crippen LogP contribution is 2.26. The van der Waals surface area contributed by atoms with Gasteiger partial charge in [0.2, 0.25) is 0 Å². The fourth-order valence-electron chi connectivity index (χ4n) is 2.38. The van der Waals surface area contributed by atoms with Gasteiger partial charge in [-0.05, 0) is 31.4 Å². The lowest BCUT2D eigenvalue weighted by Gasteiger charge is -2.15. The van der Waals surface area contributed by atoms with Crippen LogP contribution < -0.4 is 16.4 Å². The number of nitrogens with one attached hydrogen (secondary N) is 2. The van der Waals surface area contributed by atoms with Crippen LogP contribution in [0.25, 0.3) is 0 Å². The van der Waals surface area contributed by atoms with E-state index in [0.29, 0.717) is 23.9 Å². The van der Waals surface area contributed by atoms with Crippen molar-refractivity contribution < 1.29 is 4.74 Å². The van der Waals surface area contributed by atoms with E-state index in [9.17, 15) is 0 Å². The van der Waals surface area contributed by atoms with Crippen molar-refractivity contribution in [3.05, 3.63) is 30.2 Å². The molecule has 22 heavy (non-hydrogen) atoms. The third-order valence-electron chi connectivity index (χ3n) is 3.65. The van der Waals surface area contributed by atoms with E-state index in [1.807, 2.05) is 19.1 Å². The number of aromatic nitrogens is 3. The second-order valence-electron chi connectivity index (χ2n) is 5.29. The zero-order chi connectivity index (χ0) is 15.4. The third-order valence-corrected chi connectivity index (χ3v) is 3.65. The largest absolute Gasteiger partial charge is 0.393 e. The minimum absolute atomic E-state index is 0.226. The average Bonchev–Trinajstić information content (AvgIpc) is 3.04. The van der Waals surface area contributed by atoms with Gasteiger partial charge in [-0.1, -0.05) is 6.07 Å². The Labute approximate surface area is 129 Å². The van der Waals surface area contributed by atoms with Crippen LogP contribution in [0.2, 0.25) is 0 Å². The second-order valence-corrected chi connectivity index (χ2v) is 5.29. The lowest BCUT2D eigenvalue weighted by atomic mass is 10.2. The Hall–Kier alpha value is -2.41. The van der Waals surface area contributed by atoms with Crippen molar-refractivity contribution in [1.29, 1.82) is 0 Å². The van der Waals surface area contributed by atoms with Gasteiger partial charge in [-0.3, -0.25) is 0 Å². The van der Waals surface area contributed by atoms with Crippen LogP contribution in [0.1, 0.15) is 18.4 Å². The highest BCUT2D eigenvalue weighted by molar-refractivity contribution is 5.77. The summed E-state index contributed by atoms with van der Waals surface area (Å²) < 4.78 is 5.58. The molecule has 1 fully saturated rings. The molecule has 0 radical (unpaired) electrons. The quantitative estimate of drug-likeness (QED) is 0.777. The zero-order valence-corrected chi connectivity index (χ0v) is 12.5. The molecule has 3 rings (SSSR count). The standard InChI is InChI=1S/C15H20N6O/c1-10-4-2-6-17-13(10)21-15-12(16)14(19-9-20-15)18-8-11-5-3-7-22-11/h2,4,6,9,11H,3,5,7-8,16H2,1H3,(H2,17,18,19,20,21). The number of anilines is 4. The molecule has 3 heterocycles. The molecular weight excluding hydrogens is 280 g/mol. The summed E-state index contributed by atoms with van der Waals surface area (Å²) in [6, 6.07) is 3.86. The first-order valence-electron chi connectivity index (χ1n) is 7.38. The van der Waals surface area contributed by atoms with E-state index >= 15 is 0 Å². The molecular formula is C15H20N6O.